The van der Waals surface area contributed by atoms with Crippen molar-refractivity contribution in [2.24, 2.45) is 0 Å². The number of nitrogens with zero attached hydrogens (tertiary/aromatic N) is 2. The summed E-state index contributed by atoms with van der Waals surface area (Å²) in [6, 6.07) is 4.66. The van der Waals surface area contributed by atoms with Crippen LogP contribution in [0, 0.1) is 0 Å². The van der Waals surface area contributed by atoms with Gasteiger partial charge in [-0.1, -0.05) is 39.8 Å². The maximum Gasteiger partial charge on any atom is 0.0947 e. The van der Waals surface area contributed by atoms with Gasteiger partial charge >= 0.3 is 0 Å². The van der Waals surface area contributed by atoms with Crippen molar-refractivity contribution in [3.63, 3.8) is 0 Å². The van der Waals surface area contributed by atoms with E-state index >= 15 is 0 Å². The zero-order chi connectivity index (χ0) is 12.6. The lowest BCUT2D eigenvalue weighted by atomic mass is 10.3. The minimum absolute atomic E-state index is 0.0448. The highest BCUT2D eigenvalue weighted by atomic mass is 28.2. The van der Waals surface area contributed by atoms with Crippen molar-refractivity contribution in [3.05, 3.63) is 0 Å². The Morgan fingerprint density at radius 1 is 0.812 bits per heavy atom. The van der Waals surface area contributed by atoms with Crippen LogP contribution < -0.4 is 0 Å². The Morgan fingerprint density at radius 2 is 1.12 bits per heavy atom. The van der Waals surface area contributed by atoms with Gasteiger partial charge in [-0.3, -0.25) is 0 Å². The molecule has 2 unspecified atom stereocenters. The van der Waals surface area contributed by atoms with Crippen molar-refractivity contribution in [1.29, 1.82) is 0 Å². The third kappa shape index (κ3) is 6.83. The van der Waals surface area contributed by atoms with Gasteiger partial charge < -0.3 is 9.13 Å². The second-order valence-corrected chi connectivity index (χ2v) is 9.49. The van der Waals surface area contributed by atoms with E-state index in [9.17, 15) is 0 Å². The summed E-state index contributed by atoms with van der Waals surface area (Å²) in [5.74, 6) is 0. The van der Waals surface area contributed by atoms with Crippen LogP contribution in [-0.2, 0) is 0 Å². The maximum atomic E-state index is 2.64. The average molecular weight is 261 g/mol. The molecule has 0 aliphatic rings. The Bertz CT molecular complexity index is 149. The van der Waals surface area contributed by atoms with E-state index in [-0.39, 0.29) is 19.4 Å². The van der Waals surface area contributed by atoms with Crippen molar-refractivity contribution >= 4 is 19.4 Å². The van der Waals surface area contributed by atoms with Crippen LogP contribution in [0.15, 0.2) is 0 Å². The summed E-state index contributed by atoms with van der Waals surface area (Å²) in [4.78, 5) is 0. The molecule has 0 aromatic carbocycles. The largest absolute Gasteiger partial charge is 0.329 e. The molecule has 2 nitrogen and oxygen atoms in total. The molecule has 0 aliphatic heterocycles. The van der Waals surface area contributed by atoms with Crippen LogP contribution in [0.25, 0.3) is 0 Å². The molecule has 0 fully saturated rings. The molecule has 0 saturated heterocycles. The standard InChI is InChI=1S/C12H32N2Si2/c1-7-11(3)13(5)15-9-10-16-14(6)12(4)8-2/h11-12H,7-10,15-16H2,1-6H3. The van der Waals surface area contributed by atoms with E-state index in [2.05, 4.69) is 50.9 Å². The zero-order valence-corrected chi connectivity index (χ0v) is 15.1. The molecule has 0 saturated carbocycles. The van der Waals surface area contributed by atoms with Crippen LogP contribution in [0.2, 0.25) is 12.1 Å². The SMILES string of the molecule is CCC(C)N(C)[SiH2]CC[SiH2]N(C)C(C)CC. The van der Waals surface area contributed by atoms with Gasteiger partial charge in [0.1, 0.15) is 0 Å². The van der Waals surface area contributed by atoms with Gasteiger partial charge in [0.2, 0.25) is 0 Å². The van der Waals surface area contributed by atoms with Crippen molar-refractivity contribution in [2.75, 3.05) is 14.1 Å². The Morgan fingerprint density at radius 3 is 1.38 bits per heavy atom. The van der Waals surface area contributed by atoms with Gasteiger partial charge in [0.05, 0.1) is 19.4 Å². The van der Waals surface area contributed by atoms with Crippen molar-refractivity contribution in [1.82, 2.24) is 9.13 Å². The van der Waals surface area contributed by atoms with Crippen LogP contribution in [0.4, 0.5) is 0 Å². The fourth-order valence-corrected chi connectivity index (χ4v) is 5.97. The lowest BCUT2D eigenvalue weighted by Gasteiger charge is -2.25. The van der Waals surface area contributed by atoms with Gasteiger partial charge in [-0.2, -0.15) is 0 Å². The van der Waals surface area contributed by atoms with Crippen molar-refractivity contribution in [3.8, 4) is 0 Å². The van der Waals surface area contributed by atoms with Gasteiger partial charge in [0.15, 0.2) is 0 Å². The molecule has 0 aliphatic carbocycles. The van der Waals surface area contributed by atoms with Crippen molar-refractivity contribution < 1.29 is 0 Å². The smallest absolute Gasteiger partial charge is 0.0947 e. The molecule has 0 N–H and O–H groups in total. The maximum absolute atomic E-state index is 2.64. The van der Waals surface area contributed by atoms with E-state index in [1.165, 1.54) is 24.9 Å². The first-order chi connectivity index (χ1) is 7.52. The summed E-state index contributed by atoms with van der Waals surface area (Å²) in [6.07, 6.45) is 2.60. The van der Waals surface area contributed by atoms with Crippen LogP contribution in [-0.4, -0.2) is 54.7 Å². The molecule has 0 aromatic heterocycles. The highest BCUT2D eigenvalue weighted by molar-refractivity contribution is 6.38. The summed E-state index contributed by atoms with van der Waals surface area (Å²) in [7, 11) is 4.73. The normalized spacial score (nSPS) is 17.2. The first-order valence-electron chi connectivity index (χ1n) is 6.93. The molecule has 0 amide bonds. The van der Waals surface area contributed by atoms with Crippen LogP contribution >= 0.6 is 0 Å². The zero-order valence-electron chi connectivity index (χ0n) is 12.3. The summed E-state index contributed by atoms with van der Waals surface area (Å²) < 4.78 is 5.27. The van der Waals surface area contributed by atoms with Gasteiger partial charge in [-0.05, 0) is 39.0 Å². The third-order valence-corrected chi connectivity index (χ3v) is 9.25. The second kappa shape index (κ2) is 9.39. The lowest BCUT2D eigenvalue weighted by Crippen LogP contribution is -2.34. The molecule has 0 bridgehead atoms. The molecule has 98 valence electrons. The predicted octanol–water partition coefficient (Wildman–Crippen LogP) is 1.45. The fourth-order valence-electron chi connectivity index (χ4n) is 1.79. The van der Waals surface area contributed by atoms with Crippen LogP contribution in [0.5, 0.6) is 0 Å². The first kappa shape index (κ1) is 16.4. The van der Waals surface area contributed by atoms with Crippen LogP contribution in [0.3, 0.4) is 0 Å². The molecular formula is C12H32N2Si2. The Kier molecular flexibility index (Phi) is 9.60. The van der Waals surface area contributed by atoms with E-state index in [1.54, 1.807) is 0 Å². The molecule has 2 atom stereocenters. The number of hydrogen-bond acceptors (Lipinski definition) is 2. The molecule has 0 aromatic rings. The molecule has 0 heterocycles. The molecule has 0 radical (unpaired) electrons. The third-order valence-electron chi connectivity index (χ3n) is 3.96. The van der Waals surface area contributed by atoms with E-state index in [0.717, 1.165) is 12.1 Å². The van der Waals surface area contributed by atoms with E-state index in [4.69, 9.17) is 0 Å². The monoisotopic (exact) mass is 260 g/mol. The fraction of sp³-hybridized carbons (Fsp3) is 1.00. The minimum atomic E-state index is 0.0448. The molecule has 16 heavy (non-hydrogen) atoms. The summed E-state index contributed by atoms with van der Waals surface area (Å²) >= 11 is 0. The summed E-state index contributed by atoms with van der Waals surface area (Å²) in [5, 5.41) is 0. The van der Waals surface area contributed by atoms with Crippen LogP contribution in [0.1, 0.15) is 40.5 Å². The molecule has 0 rings (SSSR count). The van der Waals surface area contributed by atoms with Gasteiger partial charge in [0, 0.05) is 0 Å². The Labute approximate surface area is 108 Å². The topological polar surface area (TPSA) is 6.48 Å². The Balaban J connectivity index is 3.52. The van der Waals surface area contributed by atoms with E-state index < -0.39 is 0 Å². The van der Waals surface area contributed by atoms with E-state index in [0.29, 0.717) is 0 Å². The summed E-state index contributed by atoms with van der Waals surface area (Å²) in [6.45, 7) is 9.30. The predicted molar refractivity (Wildman–Crippen MR) is 81.7 cm³/mol. The van der Waals surface area contributed by atoms with Crippen molar-refractivity contribution in [2.45, 2.75) is 64.7 Å². The first-order valence-corrected chi connectivity index (χ1v) is 10.2. The van der Waals surface area contributed by atoms with E-state index in [1.807, 2.05) is 0 Å². The molecule has 4 heteroatoms. The lowest BCUT2D eigenvalue weighted by molar-refractivity contribution is 0.397. The quantitative estimate of drug-likeness (QED) is 0.457. The number of hydrogen-bond donors (Lipinski definition) is 0. The highest BCUT2D eigenvalue weighted by Gasteiger charge is 2.08. The molecular weight excluding hydrogens is 228 g/mol. The average Bonchev–Trinajstić information content (AvgIpc) is 2.31. The Hall–Kier alpha value is 0.354. The number of rotatable bonds is 9. The van der Waals surface area contributed by atoms with Gasteiger partial charge in [0.25, 0.3) is 0 Å². The van der Waals surface area contributed by atoms with Gasteiger partial charge in [-0.15, -0.1) is 0 Å². The highest BCUT2D eigenvalue weighted by Crippen LogP contribution is 2.04. The summed E-state index contributed by atoms with van der Waals surface area (Å²) in [5.41, 5.74) is 0. The molecule has 0 spiro atoms. The van der Waals surface area contributed by atoms with Gasteiger partial charge in [-0.25, -0.2) is 0 Å². The minimum Gasteiger partial charge on any atom is -0.329 e. The second-order valence-electron chi connectivity index (χ2n) is 5.18.